The Bertz CT molecular complexity index is 1190. The smallest absolute Gasteiger partial charge is 0.227 e. The molecule has 0 aliphatic carbocycles. The summed E-state index contributed by atoms with van der Waals surface area (Å²) in [6.45, 7) is 2.58. The van der Waals surface area contributed by atoms with E-state index in [-0.39, 0.29) is 30.5 Å². The predicted molar refractivity (Wildman–Crippen MR) is 137 cm³/mol. The van der Waals surface area contributed by atoms with E-state index in [1.165, 1.54) is 5.56 Å². The molecule has 0 radical (unpaired) electrons. The summed E-state index contributed by atoms with van der Waals surface area (Å²) in [6, 6.07) is 28.6. The minimum atomic E-state index is 0.0879. The van der Waals surface area contributed by atoms with Crippen LogP contribution in [0.2, 0.25) is 0 Å². The third kappa shape index (κ3) is 4.86. The van der Waals surface area contributed by atoms with Gasteiger partial charge in [0.2, 0.25) is 5.91 Å². The fraction of sp³-hybridized carbons (Fsp3) is 0.333. The molecule has 0 spiro atoms. The number of rotatable bonds is 5. The predicted octanol–water partition coefficient (Wildman–Crippen LogP) is 4.22. The Labute approximate surface area is 207 Å². The van der Waals surface area contributed by atoms with Gasteiger partial charge in [-0.1, -0.05) is 66.7 Å². The van der Waals surface area contributed by atoms with E-state index in [1.807, 2.05) is 59.5 Å². The molecule has 5 rings (SSSR count). The molecule has 0 bridgehead atoms. The lowest BCUT2D eigenvalue weighted by molar-refractivity contribution is -0.135. The molecule has 2 saturated heterocycles. The van der Waals surface area contributed by atoms with Gasteiger partial charge in [-0.2, -0.15) is 5.26 Å². The van der Waals surface area contributed by atoms with Crippen LogP contribution in [-0.2, 0) is 11.2 Å². The first-order valence-corrected chi connectivity index (χ1v) is 12.5. The van der Waals surface area contributed by atoms with E-state index in [0.717, 1.165) is 42.6 Å². The van der Waals surface area contributed by atoms with E-state index in [2.05, 4.69) is 35.2 Å². The fourth-order valence-electron chi connectivity index (χ4n) is 5.68. The third-order valence-electron chi connectivity index (χ3n) is 7.56. The molecule has 3 atom stereocenters. The molecule has 1 amide bonds. The Hall–Kier alpha value is -3.46. The van der Waals surface area contributed by atoms with Crippen molar-refractivity contribution in [2.45, 2.75) is 37.3 Å². The van der Waals surface area contributed by atoms with Gasteiger partial charge in [-0.3, -0.25) is 9.69 Å². The Morgan fingerprint density at radius 2 is 1.57 bits per heavy atom. The number of amides is 1. The maximum atomic E-state index is 13.2. The van der Waals surface area contributed by atoms with Crippen LogP contribution < -0.4 is 0 Å². The zero-order chi connectivity index (χ0) is 24.2. The molecule has 5 nitrogen and oxygen atoms in total. The highest BCUT2D eigenvalue weighted by atomic mass is 16.3. The number of aliphatic hydroxyl groups is 1. The molecule has 5 heteroatoms. The number of hydrogen-bond donors (Lipinski definition) is 1. The molecule has 2 heterocycles. The quantitative estimate of drug-likeness (QED) is 0.613. The molecule has 3 aromatic carbocycles. The number of carbonyl (C=O) groups is 1. The molecular formula is C30H31N3O2. The van der Waals surface area contributed by atoms with Gasteiger partial charge in [-0.25, -0.2) is 0 Å². The maximum Gasteiger partial charge on any atom is 0.227 e. The van der Waals surface area contributed by atoms with Gasteiger partial charge >= 0.3 is 0 Å². The topological polar surface area (TPSA) is 67.6 Å². The number of aliphatic hydroxyl groups excluding tert-OH is 1. The number of hydrogen-bond acceptors (Lipinski definition) is 4. The fourth-order valence-corrected chi connectivity index (χ4v) is 5.68. The molecule has 178 valence electrons. The van der Waals surface area contributed by atoms with E-state index in [1.54, 1.807) is 0 Å². The number of carbonyl (C=O) groups excluding carboxylic acids is 1. The normalized spacial score (nSPS) is 22.3. The lowest BCUT2D eigenvalue weighted by Crippen LogP contribution is -2.68. The summed E-state index contributed by atoms with van der Waals surface area (Å²) in [5.41, 5.74) is 5.09. The largest absolute Gasteiger partial charge is 0.395 e. The van der Waals surface area contributed by atoms with Crippen LogP contribution in [0.15, 0.2) is 78.9 Å². The number of nitriles is 1. The van der Waals surface area contributed by atoms with Crippen LogP contribution >= 0.6 is 0 Å². The van der Waals surface area contributed by atoms with Crippen molar-refractivity contribution >= 4 is 5.91 Å². The van der Waals surface area contributed by atoms with Gasteiger partial charge in [-0.05, 0) is 53.8 Å². The summed E-state index contributed by atoms with van der Waals surface area (Å²) in [7, 11) is 0. The van der Waals surface area contributed by atoms with Crippen molar-refractivity contribution in [3.63, 3.8) is 0 Å². The molecule has 2 fully saturated rings. The Balaban J connectivity index is 1.34. The molecule has 3 aromatic rings. The average molecular weight is 466 g/mol. The van der Waals surface area contributed by atoms with Crippen LogP contribution in [0, 0.1) is 11.3 Å². The van der Waals surface area contributed by atoms with Crippen molar-refractivity contribution < 1.29 is 9.90 Å². The van der Waals surface area contributed by atoms with Gasteiger partial charge in [0.1, 0.15) is 0 Å². The highest BCUT2D eigenvalue weighted by Gasteiger charge is 2.49. The van der Waals surface area contributed by atoms with E-state index in [4.69, 9.17) is 5.26 Å². The number of nitrogens with zero attached hydrogens (tertiary/aromatic N) is 3. The minimum absolute atomic E-state index is 0.0879. The van der Waals surface area contributed by atoms with Crippen LogP contribution in [-0.4, -0.2) is 59.1 Å². The van der Waals surface area contributed by atoms with E-state index >= 15 is 0 Å². The van der Waals surface area contributed by atoms with E-state index in [0.29, 0.717) is 18.5 Å². The van der Waals surface area contributed by atoms with Gasteiger partial charge in [0.25, 0.3) is 0 Å². The van der Waals surface area contributed by atoms with Crippen molar-refractivity contribution in [1.82, 2.24) is 9.80 Å². The summed E-state index contributed by atoms with van der Waals surface area (Å²) >= 11 is 0. The minimum Gasteiger partial charge on any atom is -0.395 e. The summed E-state index contributed by atoms with van der Waals surface area (Å²) in [5, 5.41) is 19.3. The molecular weight excluding hydrogens is 434 g/mol. The first-order chi connectivity index (χ1) is 17.2. The van der Waals surface area contributed by atoms with Gasteiger partial charge in [-0.15, -0.1) is 0 Å². The van der Waals surface area contributed by atoms with Crippen LogP contribution in [0.3, 0.4) is 0 Å². The summed E-state index contributed by atoms with van der Waals surface area (Å²) in [6.07, 6.45) is 2.46. The third-order valence-corrected chi connectivity index (χ3v) is 7.56. The van der Waals surface area contributed by atoms with Crippen LogP contribution in [0.1, 0.15) is 35.4 Å². The second-order valence-corrected chi connectivity index (χ2v) is 9.60. The molecule has 35 heavy (non-hydrogen) atoms. The second-order valence-electron chi connectivity index (χ2n) is 9.60. The molecule has 2 aliphatic rings. The first-order valence-electron chi connectivity index (χ1n) is 12.5. The maximum absolute atomic E-state index is 13.2. The zero-order valence-corrected chi connectivity index (χ0v) is 19.9. The molecule has 1 N–H and O–H groups in total. The van der Waals surface area contributed by atoms with Crippen molar-refractivity contribution in [1.29, 1.82) is 5.26 Å². The van der Waals surface area contributed by atoms with Crippen LogP contribution in [0.4, 0.5) is 0 Å². The van der Waals surface area contributed by atoms with Crippen LogP contribution in [0.25, 0.3) is 11.1 Å². The van der Waals surface area contributed by atoms with Crippen molar-refractivity contribution in [2.24, 2.45) is 0 Å². The molecule has 2 aliphatic heterocycles. The summed E-state index contributed by atoms with van der Waals surface area (Å²) in [4.78, 5) is 17.6. The van der Waals surface area contributed by atoms with Crippen molar-refractivity contribution in [3.8, 4) is 17.2 Å². The highest BCUT2D eigenvalue weighted by molar-refractivity contribution is 5.79. The number of fused-ring (bicyclic) bond motifs is 1. The summed E-state index contributed by atoms with van der Waals surface area (Å²) < 4.78 is 0. The Kier molecular flexibility index (Phi) is 6.94. The van der Waals surface area contributed by atoms with Crippen molar-refractivity contribution in [3.05, 3.63) is 95.6 Å². The van der Waals surface area contributed by atoms with Crippen LogP contribution in [0.5, 0.6) is 0 Å². The van der Waals surface area contributed by atoms with E-state index < -0.39 is 0 Å². The van der Waals surface area contributed by atoms with E-state index in [9.17, 15) is 9.90 Å². The standard InChI is InChI=1S/C30H31N3O2/c31-19-23-8-10-24(11-9-23)25-12-14-26(15-13-25)30-27-20-32(16-4-5-17-33(27)28(30)21-34)29(35)18-22-6-2-1-3-7-22/h1-3,6-15,27-28,30,34H,4-5,16-18,20-21H2/t27-,28-,30+/m1/s1. The lowest BCUT2D eigenvalue weighted by atomic mass is 9.74. The monoisotopic (exact) mass is 465 g/mol. The summed E-state index contributed by atoms with van der Waals surface area (Å²) in [5.74, 6) is 0.376. The zero-order valence-electron chi connectivity index (χ0n) is 19.9. The molecule has 0 saturated carbocycles. The SMILES string of the molecule is N#Cc1ccc(-c2ccc([C@@H]3[C@@H](CO)N4CCCCN(C(=O)Cc5ccccc5)C[C@H]34)cc2)cc1. The molecule has 0 aromatic heterocycles. The number of benzene rings is 3. The first kappa shape index (κ1) is 23.3. The Morgan fingerprint density at radius 1 is 0.914 bits per heavy atom. The van der Waals surface area contributed by atoms with Gasteiger partial charge in [0.05, 0.1) is 24.7 Å². The highest BCUT2D eigenvalue weighted by Crippen LogP contribution is 2.42. The molecule has 0 unspecified atom stereocenters. The second kappa shape index (κ2) is 10.4. The Morgan fingerprint density at radius 3 is 2.23 bits per heavy atom. The average Bonchev–Trinajstić information content (AvgIpc) is 2.89. The van der Waals surface area contributed by atoms with Gasteiger partial charge in [0, 0.05) is 31.1 Å². The van der Waals surface area contributed by atoms with Crippen molar-refractivity contribution in [2.75, 3.05) is 26.2 Å². The lowest BCUT2D eigenvalue weighted by Gasteiger charge is -2.57. The van der Waals surface area contributed by atoms with Gasteiger partial charge in [0.15, 0.2) is 0 Å². The van der Waals surface area contributed by atoms with Gasteiger partial charge < -0.3 is 10.0 Å².